The van der Waals surface area contributed by atoms with Gasteiger partial charge in [0.15, 0.2) is 5.79 Å². The standard InChI is InChI=1S/C12H20O4/c1-6-9(14)11(2,3)10-8(13)7-15-12(4,5)16-10/h1,8-10,13-14H,7H2,2-5H3/t8-,9?,10+/m1/s1. The highest BCUT2D eigenvalue weighted by molar-refractivity contribution is 5.05. The zero-order valence-corrected chi connectivity index (χ0v) is 10.2. The van der Waals surface area contributed by atoms with Crippen LogP contribution in [0.5, 0.6) is 0 Å². The number of aliphatic hydroxyl groups is 2. The molecule has 4 nitrogen and oxygen atoms in total. The Kier molecular flexibility index (Phi) is 3.65. The molecule has 0 aromatic heterocycles. The van der Waals surface area contributed by atoms with Gasteiger partial charge < -0.3 is 19.7 Å². The Bertz CT molecular complexity index is 290. The second-order valence-electron chi connectivity index (χ2n) is 5.21. The highest BCUT2D eigenvalue weighted by atomic mass is 16.7. The Morgan fingerprint density at radius 2 is 2.06 bits per heavy atom. The number of rotatable bonds is 2. The van der Waals surface area contributed by atoms with E-state index in [0.29, 0.717) is 0 Å². The molecule has 2 N–H and O–H groups in total. The van der Waals surface area contributed by atoms with Crippen LogP contribution in [-0.2, 0) is 9.47 Å². The predicted molar refractivity (Wildman–Crippen MR) is 59.5 cm³/mol. The summed E-state index contributed by atoms with van der Waals surface area (Å²) in [6.07, 6.45) is 2.90. The predicted octanol–water partition coefficient (Wildman–Crippen LogP) is 0.519. The first kappa shape index (κ1) is 13.5. The van der Waals surface area contributed by atoms with Crippen molar-refractivity contribution < 1.29 is 19.7 Å². The van der Waals surface area contributed by atoms with Crippen molar-refractivity contribution in [1.29, 1.82) is 0 Å². The molecule has 1 rings (SSSR count). The Hall–Kier alpha value is -0.600. The SMILES string of the molecule is C#CC(O)C(C)(C)[C@H]1OC(C)(C)OC[C@H]1O. The zero-order valence-electron chi connectivity index (χ0n) is 10.2. The Morgan fingerprint density at radius 3 is 2.56 bits per heavy atom. The van der Waals surface area contributed by atoms with Gasteiger partial charge >= 0.3 is 0 Å². The van der Waals surface area contributed by atoms with E-state index in [1.807, 2.05) is 0 Å². The fraction of sp³-hybridized carbons (Fsp3) is 0.833. The molecule has 0 saturated carbocycles. The van der Waals surface area contributed by atoms with E-state index >= 15 is 0 Å². The maximum atomic E-state index is 9.85. The molecule has 0 bridgehead atoms. The molecule has 0 spiro atoms. The molecule has 1 unspecified atom stereocenters. The number of aliphatic hydroxyl groups excluding tert-OH is 2. The molecule has 1 fully saturated rings. The molecular weight excluding hydrogens is 208 g/mol. The van der Waals surface area contributed by atoms with E-state index in [1.165, 1.54) is 0 Å². The van der Waals surface area contributed by atoms with E-state index in [0.717, 1.165) is 0 Å². The van der Waals surface area contributed by atoms with Gasteiger partial charge in [0.1, 0.15) is 12.2 Å². The summed E-state index contributed by atoms with van der Waals surface area (Å²) in [5.74, 6) is 1.51. The van der Waals surface area contributed by atoms with Crippen molar-refractivity contribution in [2.75, 3.05) is 6.61 Å². The van der Waals surface area contributed by atoms with Gasteiger partial charge in [-0.3, -0.25) is 0 Å². The van der Waals surface area contributed by atoms with Crippen LogP contribution in [0.2, 0.25) is 0 Å². The van der Waals surface area contributed by atoms with Gasteiger partial charge in [-0.1, -0.05) is 19.8 Å². The summed E-state index contributed by atoms with van der Waals surface area (Å²) in [5.41, 5.74) is -0.727. The lowest BCUT2D eigenvalue weighted by Gasteiger charge is -2.46. The number of ether oxygens (including phenoxy) is 2. The lowest BCUT2D eigenvalue weighted by atomic mass is 9.78. The van der Waals surface area contributed by atoms with Crippen molar-refractivity contribution in [3.63, 3.8) is 0 Å². The zero-order chi connectivity index (χ0) is 12.6. The quantitative estimate of drug-likeness (QED) is 0.676. The van der Waals surface area contributed by atoms with E-state index < -0.39 is 29.5 Å². The maximum Gasteiger partial charge on any atom is 0.163 e. The average molecular weight is 228 g/mol. The third kappa shape index (κ3) is 2.55. The Morgan fingerprint density at radius 1 is 1.50 bits per heavy atom. The van der Waals surface area contributed by atoms with Crippen LogP contribution in [0.25, 0.3) is 0 Å². The van der Waals surface area contributed by atoms with Crippen LogP contribution >= 0.6 is 0 Å². The largest absolute Gasteiger partial charge is 0.388 e. The molecule has 3 atom stereocenters. The summed E-state index contributed by atoms with van der Waals surface area (Å²) in [4.78, 5) is 0. The van der Waals surface area contributed by atoms with Crippen molar-refractivity contribution in [3.8, 4) is 12.3 Å². The normalized spacial score (nSPS) is 31.8. The van der Waals surface area contributed by atoms with Gasteiger partial charge in [0.05, 0.1) is 12.7 Å². The van der Waals surface area contributed by atoms with Crippen LogP contribution in [0.1, 0.15) is 27.7 Å². The lowest BCUT2D eigenvalue weighted by Crippen LogP contribution is -2.57. The van der Waals surface area contributed by atoms with Gasteiger partial charge in [0, 0.05) is 5.41 Å². The van der Waals surface area contributed by atoms with Crippen LogP contribution in [-0.4, -0.2) is 40.9 Å². The third-order valence-corrected chi connectivity index (χ3v) is 2.96. The van der Waals surface area contributed by atoms with Crippen LogP contribution in [0.15, 0.2) is 0 Å². The minimum Gasteiger partial charge on any atom is -0.388 e. The summed E-state index contributed by atoms with van der Waals surface area (Å²) in [6, 6.07) is 0. The lowest BCUT2D eigenvalue weighted by molar-refractivity contribution is -0.327. The van der Waals surface area contributed by atoms with Gasteiger partial charge in [0.2, 0.25) is 0 Å². The van der Waals surface area contributed by atoms with Crippen molar-refractivity contribution in [2.24, 2.45) is 5.41 Å². The molecule has 1 aliphatic rings. The van der Waals surface area contributed by atoms with Gasteiger partial charge in [-0.15, -0.1) is 6.42 Å². The second kappa shape index (κ2) is 4.34. The van der Waals surface area contributed by atoms with E-state index in [4.69, 9.17) is 15.9 Å². The molecule has 0 aromatic carbocycles. The molecule has 1 heterocycles. The first-order chi connectivity index (χ1) is 7.20. The minimum atomic E-state index is -0.971. The monoisotopic (exact) mass is 228 g/mol. The fourth-order valence-corrected chi connectivity index (χ4v) is 1.81. The smallest absolute Gasteiger partial charge is 0.163 e. The van der Waals surface area contributed by atoms with Crippen molar-refractivity contribution in [2.45, 2.75) is 51.8 Å². The van der Waals surface area contributed by atoms with Gasteiger partial charge in [-0.25, -0.2) is 0 Å². The molecule has 16 heavy (non-hydrogen) atoms. The molecule has 1 aliphatic heterocycles. The molecule has 0 radical (unpaired) electrons. The molecule has 0 aromatic rings. The van der Waals surface area contributed by atoms with Crippen LogP contribution in [0, 0.1) is 17.8 Å². The molecular formula is C12H20O4. The van der Waals surface area contributed by atoms with Crippen molar-refractivity contribution in [3.05, 3.63) is 0 Å². The Labute approximate surface area is 96.6 Å². The number of hydrogen-bond donors (Lipinski definition) is 2. The van der Waals surface area contributed by atoms with Gasteiger partial charge in [-0.05, 0) is 13.8 Å². The van der Waals surface area contributed by atoms with Crippen LogP contribution in [0.3, 0.4) is 0 Å². The van der Waals surface area contributed by atoms with Crippen molar-refractivity contribution in [1.82, 2.24) is 0 Å². The summed E-state index contributed by atoms with van der Waals surface area (Å²) < 4.78 is 11.0. The highest BCUT2D eigenvalue weighted by Crippen LogP contribution is 2.36. The minimum absolute atomic E-state index is 0.179. The molecule has 0 amide bonds. The average Bonchev–Trinajstić information content (AvgIpc) is 2.20. The molecule has 0 aliphatic carbocycles. The first-order valence-corrected chi connectivity index (χ1v) is 5.35. The summed E-state index contributed by atoms with van der Waals surface area (Å²) in [5, 5.41) is 19.6. The topological polar surface area (TPSA) is 58.9 Å². The van der Waals surface area contributed by atoms with E-state index in [1.54, 1.807) is 27.7 Å². The van der Waals surface area contributed by atoms with Gasteiger partial charge in [0.25, 0.3) is 0 Å². The number of terminal acetylenes is 1. The molecule has 92 valence electrons. The molecule has 1 saturated heterocycles. The van der Waals surface area contributed by atoms with Crippen LogP contribution < -0.4 is 0 Å². The first-order valence-electron chi connectivity index (χ1n) is 5.35. The van der Waals surface area contributed by atoms with Crippen LogP contribution in [0.4, 0.5) is 0 Å². The third-order valence-electron chi connectivity index (χ3n) is 2.96. The van der Waals surface area contributed by atoms with Crippen molar-refractivity contribution >= 4 is 0 Å². The summed E-state index contributed by atoms with van der Waals surface area (Å²) in [7, 11) is 0. The highest BCUT2D eigenvalue weighted by Gasteiger charge is 2.47. The molecule has 4 heteroatoms. The summed E-state index contributed by atoms with van der Waals surface area (Å²) >= 11 is 0. The summed E-state index contributed by atoms with van der Waals surface area (Å²) in [6.45, 7) is 7.26. The van der Waals surface area contributed by atoms with E-state index in [-0.39, 0.29) is 6.61 Å². The second-order valence-corrected chi connectivity index (χ2v) is 5.21. The van der Waals surface area contributed by atoms with Gasteiger partial charge in [-0.2, -0.15) is 0 Å². The van der Waals surface area contributed by atoms with E-state index in [9.17, 15) is 10.2 Å². The fourth-order valence-electron chi connectivity index (χ4n) is 1.81. The van der Waals surface area contributed by atoms with E-state index in [2.05, 4.69) is 5.92 Å². The maximum absolute atomic E-state index is 9.85. The number of hydrogen-bond acceptors (Lipinski definition) is 4. The Balaban J connectivity index is 2.89.